The fourth-order valence-corrected chi connectivity index (χ4v) is 2.70. The fourth-order valence-electron chi connectivity index (χ4n) is 2.70. The molecule has 23 heavy (non-hydrogen) atoms. The highest BCUT2D eigenvalue weighted by Gasteiger charge is 2.20. The van der Waals surface area contributed by atoms with Crippen molar-refractivity contribution in [1.29, 1.82) is 0 Å². The number of pyridine rings is 1. The van der Waals surface area contributed by atoms with Crippen molar-refractivity contribution >= 4 is 17.5 Å². The third-order valence-electron chi connectivity index (χ3n) is 3.97. The van der Waals surface area contributed by atoms with E-state index in [0.717, 1.165) is 32.0 Å². The number of carbonyl (C=O) groups excluding carboxylic acids is 1. The highest BCUT2D eigenvalue weighted by atomic mass is 19.1. The smallest absolute Gasteiger partial charge is 0.339 e. The number of piperazine rings is 1. The van der Waals surface area contributed by atoms with E-state index < -0.39 is 5.97 Å². The fraction of sp³-hybridized carbons (Fsp3) is 0.294. The van der Waals surface area contributed by atoms with Gasteiger partial charge < -0.3 is 14.5 Å². The van der Waals surface area contributed by atoms with Gasteiger partial charge in [0.25, 0.3) is 0 Å². The molecule has 0 radical (unpaired) electrons. The number of anilines is 2. The Morgan fingerprint density at radius 3 is 2.39 bits per heavy atom. The Labute approximate surface area is 134 Å². The minimum absolute atomic E-state index is 0.193. The second-order valence-corrected chi connectivity index (χ2v) is 5.32. The van der Waals surface area contributed by atoms with E-state index in [0.29, 0.717) is 11.3 Å². The Balaban J connectivity index is 1.65. The molecular formula is C17H18FN3O2. The van der Waals surface area contributed by atoms with Crippen LogP contribution >= 0.6 is 0 Å². The standard InChI is InChI=1S/C17H18FN3O2/c1-23-17(22)13-6-7-16(19-12-13)21-10-8-20(9-11-21)15-5-3-2-4-14(15)18/h2-7,12H,8-11H2,1H3. The minimum atomic E-state index is -0.395. The summed E-state index contributed by atoms with van der Waals surface area (Å²) in [7, 11) is 1.35. The molecule has 0 saturated carbocycles. The van der Waals surface area contributed by atoms with E-state index in [-0.39, 0.29) is 5.82 Å². The first-order valence-corrected chi connectivity index (χ1v) is 7.48. The maximum Gasteiger partial charge on any atom is 0.339 e. The Kier molecular flexibility index (Phi) is 4.41. The summed E-state index contributed by atoms with van der Waals surface area (Å²) in [6.07, 6.45) is 1.52. The number of nitrogens with zero attached hydrogens (tertiary/aromatic N) is 3. The predicted molar refractivity (Wildman–Crippen MR) is 86.4 cm³/mol. The van der Waals surface area contributed by atoms with Gasteiger partial charge in [-0.1, -0.05) is 12.1 Å². The van der Waals surface area contributed by atoms with Gasteiger partial charge in [-0.3, -0.25) is 0 Å². The zero-order chi connectivity index (χ0) is 16.2. The average Bonchev–Trinajstić information content (AvgIpc) is 2.62. The van der Waals surface area contributed by atoms with Crippen LogP contribution in [0.25, 0.3) is 0 Å². The first-order valence-electron chi connectivity index (χ1n) is 7.48. The Hall–Kier alpha value is -2.63. The van der Waals surface area contributed by atoms with Crippen molar-refractivity contribution in [1.82, 2.24) is 4.98 Å². The average molecular weight is 315 g/mol. The van der Waals surface area contributed by atoms with Crippen molar-refractivity contribution in [2.24, 2.45) is 0 Å². The van der Waals surface area contributed by atoms with Gasteiger partial charge in [0, 0.05) is 32.4 Å². The molecular weight excluding hydrogens is 297 g/mol. The number of carbonyl (C=O) groups is 1. The molecule has 0 amide bonds. The molecule has 5 nitrogen and oxygen atoms in total. The molecule has 0 spiro atoms. The quantitative estimate of drug-likeness (QED) is 0.814. The number of methoxy groups -OCH3 is 1. The zero-order valence-electron chi connectivity index (χ0n) is 12.9. The lowest BCUT2D eigenvalue weighted by atomic mass is 10.2. The van der Waals surface area contributed by atoms with Gasteiger partial charge >= 0.3 is 5.97 Å². The number of hydrogen-bond acceptors (Lipinski definition) is 5. The first-order chi connectivity index (χ1) is 11.2. The van der Waals surface area contributed by atoms with Crippen molar-refractivity contribution in [3.8, 4) is 0 Å². The molecule has 3 rings (SSSR count). The molecule has 1 aromatic heterocycles. The van der Waals surface area contributed by atoms with Crippen LogP contribution < -0.4 is 9.80 Å². The number of ether oxygens (including phenoxy) is 1. The molecule has 6 heteroatoms. The SMILES string of the molecule is COC(=O)c1ccc(N2CCN(c3ccccc3F)CC2)nc1. The molecule has 0 unspecified atom stereocenters. The molecule has 0 atom stereocenters. The normalized spacial score (nSPS) is 14.7. The van der Waals surface area contributed by atoms with Crippen LogP contribution in [0.4, 0.5) is 15.9 Å². The maximum atomic E-state index is 13.8. The molecule has 1 aliphatic rings. The lowest BCUT2D eigenvalue weighted by Gasteiger charge is -2.36. The van der Waals surface area contributed by atoms with Crippen LogP contribution in [-0.2, 0) is 4.74 Å². The molecule has 1 saturated heterocycles. The predicted octanol–water partition coefficient (Wildman–Crippen LogP) is 2.33. The van der Waals surface area contributed by atoms with Gasteiger partial charge in [-0.25, -0.2) is 14.2 Å². The van der Waals surface area contributed by atoms with Crippen molar-refractivity contribution in [3.05, 3.63) is 54.0 Å². The van der Waals surface area contributed by atoms with Crippen LogP contribution in [0.2, 0.25) is 0 Å². The van der Waals surface area contributed by atoms with E-state index >= 15 is 0 Å². The highest BCUT2D eigenvalue weighted by molar-refractivity contribution is 5.89. The van der Waals surface area contributed by atoms with Gasteiger partial charge in [0.1, 0.15) is 11.6 Å². The molecule has 1 fully saturated rings. The third-order valence-corrected chi connectivity index (χ3v) is 3.97. The molecule has 0 bridgehead atoms. The van der Waals surface area contributed by atoms with Gasteiger partial charge in [-0.2, -0.15) is 0 Å². The Bertz CT molecular complexity index is 682. The van der Waals surface area contributed by atoms with Crippen molar-refractivity contribution in [2.45, 2.75) is 0 Å². The van der Waals surface area contributed by atoms with E-state index in [9.17, 15) is 9.18 Å². The number of rotatable bonds is 3. The summed E-state index contributed by atoms with van der Waals surface area (Å²) in [6, 6.07) is 10.3. The largest absolute Gasteiger partial charge is 0.465 e. The van der Waals surface area contributed by atoms with E-state index in [1.54, 1.807) is 18.2 Å². The van der Waals surface area contributed by atoms with Crippen LogP contribution in [0.5, 0.6) is 0 Å². The van der Waals surface area contributed by atoms with Crippen LogP contribution in [0, 0.1) is 5.82 Å². The van der Waals surface area contributed by atoms with Gasteiger partial charge in [0.2, 0.25) is 0 Å². The van der Waals surface area contributed by atoms with E-state index in [4.69, 9.17) is 0 Å². The molecule has 0 aliphatic carbocycles. The summed E-state index contributed by atoms with van der Waals surface area (Å²) in [4.78, 5) is 19.9. The minimum Gasteiger partial charge on any atom is -0.465 e. The summed E-state index contributed by atoms with van der Waals surface area (Å²) in [5, 5.41) is 0. The van der Waals surface area contributed by atoms with Crippen molar-refractivity contribution in [2.75, 3.05) is 43.1 Å². The summed E-state index contributed by atoms with van der Waals surface area (Å²) in [5.74, 6) is 0.223. The Morgan fingerprint density at radius 1 is 1.09 bits per heavy atom. The highest BCUT2D eigenvalue weighted by Crippen LogP contribution is 2.22. The number of halogens is 1. The number of aromatic nitrogens is 1. The van der Waals surface area contributed by atoms with Gasteiger partial charge in [-0.15, -0.1) is 0 Å². The monoisotopic (exact) mass is 315 g/mol. The summed E-state index contributed by atoms with van der Waals surface area (Å²) in [6.45, 7) is 2.94. The number of benzene rings is 1. The van der Waals surface area contributed by atoms with Gasteiger partial charge in [-0.05, 0) is 24.3 Å². The topological polar surface area (TPSA) is 45.7 Å². The van der Waals surface area contributed by atoms with E-state index in [2.05, 4.69) is 14.6 Å². The van der Waals surface area contributed by atoms with Crippen molar-refractivity contribution in [3.63, 3.8) is 0 Å². The molecule has 2 heterocycles. The third kappa shape index (κ3) is 3.26. The summed E-state index contributed by atoms with van der Waals surface area (Å²) < 4.78 is 18.5. The number of esters is 1. The van der Waals surface area contributed by atoms with Crippen LogP contribution in [0.1, 0.15) is 10.4 Å². The first kappa shape index (κ1) is 15.3. The molecule has 2 aromatic rings. The molecule has 1 aromatic carbocycles. The molecule has 0 N–H and O–H groups in total. The number of para-hydroxylation sites is 1. The number of hydrogen-bond donors (Lipinski definition) is 0. The summed E-state index contributed by atoms with van der Waals surface area (Å²) >= 11 is 0. The lowest BCUT2D eigenvalue weighted by Crippen LogP contribution is -2.47. The molecule has 1 aliphatic heterocycles. The maximum absolute atomic E-state index is 13.8. The zero-order valence-corrected chi connectivity index (χ0v) is 12.9. The summed E-state index contributed by atoms with van der Waals surface area (Å²) in [5.41, 5.74) is 1.07. The Morgan fingerprint density at radius 2 is 1.78 bits per heavy atom. The molecule has 120 valence electrons. The second-order valence-electron chi connectivity index (χ2n) is 5.32. The van der Waals surface area contributed by atoms with Gasteiger partial charge in [0.05, 0.1) is 18.4 Å². The van der Waals surface area contributed by atoms with Crippen LogP contribution in [-0.4, -0.2) is 44.2 Å². The van der Waals surface area contributed by atoms with E-state index in [1.165, 1.54) is 19.4 Å². The van der Waals surface area contributed by atoms with E-state index in [1.807, 2.05) is 17.0 Å². The van der Waals surface area contributed by atoms with Crippen LogP contribution in [0.15, 0.2) is 42.6 Å². The van der Waals surface area contributed by atoms with Gasteiger partial charge in [0.15, 0.2) is 0 Å². The van der Waals surface area contributed by atoms with Crippen molar-refractivity contribution < 1.29 is 13.9 Å². The second kappa shape index (κ2) is 6.64. The lowest BCUT2D eigenvalue weighted by molar-refractivity contribution is 0.0600. The van der Waals surface area contributed by atoms with Crippen LogP contribution in [0.3, 0.4) is 0 Å².